The Morgan fingerprint density at radius 3 is 2.50 bits per heavy atom. The molecule has 1 rings (SSSR count). The van der Waals surface area contributed by atoms with Crippen molar-refractivity contribution in [2.75, 3.05) is 5.73 Å². The molecule has 0 saturated carbocycles. The van der Waals surface area contributed by atoms with Gasteiger partial charge in [-0.15, -0.1) is 10.2 Å². The minimum absolute atomic E-state index is 0.146. The normalized spacial score (nSPS) is 12.8. The van der Waals surface area contributed by atoms with Gasteiger partial charge in [-0.25, -0.2) is 0 Å². The van der Waals surface area contributed by atoms with Crippen molar-refractivity contribution >= 4 is 22.4 Å². The van der Waals surface area contributed by atoms with E-state index in [1.807, 2.05) is 6.92 Å². The lowest BCUT2D eigenvalue weighted by molar-refractivity contribution is 0.0924. The lowest BCUT2D eigenvalue weighted by atomic mass is 9.95. The van der Waals surface area contributed by atoms with Crippen LogP contribution >= 0.6 is 11.3 Å². The van der Waals surface area contributed by atoms with Gasteiger partial charge < -0.3 is 11.1 Å². The zero-order valence-corrected chi connectivity index (χ0v) is 10.7. The predicted molar refractivity (Wildman–Crippen MR) is 65.3 cm³/mol. The average molecular weight is 242 g/mol. The summed E-state index contributed by atoms with van der Waals surface area (Å²) >= 11 is 1.11. The molecule has 16 heavy (non-hydrogen) atoms. The molecule has 1 heterocycles. The van der Waals surface area contributed by atoms with E-state index in [9.17, 15) is 4.79 Å². The second-order valence-electron chi connectivity index (χ2n) is 3.78. The summed E-state index contributed by atoms with van der Waals surface area (Å²) in [5.41, 5.74) is 5.42. The van der Waals surface area contributed by atoms with Gasteiger partial charge in [0.05, 0.1) is 0 Å². The summed E-state index contributed by atoms with van der Waals surface area (Å²) in [4.78, 5) is 11.7. The molecule has 6 heteroatoms. The van der Waals surface area contributed by atoms with Crippen molar-refractivity contribution in [3.05, 3.63) is 5.01 Å². The van der Waals surface area contributed by atoms with Gasteiger partial charge in [0, 0.05) is 6.04 Å². The number of hydrogen-bond acceptors (Lipinski definition) is 5. The summed E-state index contributed by atoms with van der Waals surface area (Å²) < 4.78 is 0. The third-order valence-electron chi connectivity index (χ3n) is 2.75. The Labute approximate surface area is 99.5 Å². The van der Waals surface area contributed by atoms with E-state index in [0.29, 0.717) is 16.1 Å². The number of carbonyl (C=O) groups is 1. The van der Waals surface area contributed by atoms with Crippen LogP contribution in [-0.2, 0) is 0 Å². The highest BCUT2D eigenvalue weighted by Gasteiger charge is 2.18. The van der Waals surface area contributed by atoms with Gasteiger partial charge in [0.25, 0.3) is 5.91 Å². The Bertz CT molecular complexity index is 348. The van der Waals surface area contributed by atoms with E-state index in [1.165, 1.54) is 0 Å². The molecular formula is C10H18N4OS. The van der Waals surface area contributed by atoms with Crippen LogP contribution in [0.2, 0.25) is 0 Å². The van der Waals surface area contributed by atoms with Gasteiger partial charge in [-0.3, -0.25) is 4.79 Å². The number of nitrogens with zero attached hydrogens (tertiary/aromatic N) is 2. The van der Waals surface area contributed by atoms with Crippen molar-refractivity contribution in [2.24, 2.45) is 5.92 Å². The van der Waals surface area contributed by atoms with E-state index in [-0.39, 0.29) is 11.9 Å². The number of nitrogen functional groups attached to an aromatic ring is 1. The molecule has 0 aliphatic carbocycles. The molecular weight excluding hydrogens is 224 g/mol. The van der Waals surface area contributed by atoms with Crippen LogP contribution in [0.1, 0.15) is 43.4 Å². The van der Waals surface area contributed by atoms with Crippen molar-refractivity contribution in [1.82, 2.24) is 15.5 Å². The van der Waals surface area contributed by atoms with E-state index in [2.05, 4.69) is 29.4 Å². The highest BCUT2D eigenvalue weighted by molar-refractivity contribution is 7.16. The number of nitrogens with two attached hydrogens (primary N) is 1. The second-order valence-corrected chi connectivity index (χ2v) is 4.79. The molecule has 0 bridgehead atoms. The highest BCUT2D eigenvalue weighted by atomic mass is 32.1. The maximum Gasteiger partial charge on any atom is 0.282 e. The average Bonchev–Trinajstić information content (AvgIpc) is 2.66. The Hall–Kier alpha value is -1.17. The van der Waals surface area contributed by atoms with Crippen LogP contribution < -0.4 is 11.1 Å². The highest BCUT2D eigenvalue weighted by Crippen LogP contribution is 2.15. The van der Waals surface area contributed by atoms with Crippen LogP contribution in [0.15, 0.2) is 0 Å². The predicted octanol–water partition coefficient (Wildman–Crippen LogP) is 1.67. The fourth-order valence-electron chi connectivity index (χ4n) is 1.71. The van der Waals surface area contributed by atoms with Crippen molar-refractivity contribution in [1.29, 1.82) is 0 Å². The lowest BCUT2D eigenvalue weighted by Crippen LogP contribution is -2.37. The monoisotopic (exact) mass is 242 g/mol. The first kappa shape index (κ1) is 12.9. The molecule has 1 atom stereocenters. The van der Waals surface area contributed by atoms with Crippen molar-refractivity contribution in [3.8, 4) is 0 Å². The summed E-state index contributed by atoms with van der Waals surface area (Å²) in [5, 5.41) is 10.9. The van der Waals surface area contributed by atoms with Gasteiger partial charge in [0.2, 0.25) is 10.1 Å². The number of amides is 1. The largest absolute Gasteiger partial charge is 0.374 e. The molecule has 1 unspecified atom stereocenters. The summed E-state index contributed by atoms with van der Waals surface area (Å²) in [5.74, 6) is 0.308. The summed E-state index contributed by atoms with van der Waals surface area (Å²) in [6.07, 6.45) is 2.10. The Morgan fingerprint density at radius 2 is 2.06 bits per heavy atom. The molecule has 0 aliphatic heterocycles. The summed E-state index contributed by atoms with van der Waals surface area (Å²) in [6, 6.07) is 0.146. The summed E-state index contributed by atoms with van der Waals surface area (Å²) in [6.45, 7) is 6.26. The number of nitrogens with one attached hydrogen (secondary N) is 1. The lowest BCUT2D eigenvalue weighted by Gasteiger charge is -2.21. The van der Waals surface area contributed by atoms with Crippen LogP contribution in [0, 0.1) is 5.92 Å². The number of anilines is 1. The third-order valence-corrected chi connectivity index (χ3v) is 3.50. The van der Waals surface area contributed by atoms with E-state index in [1.54, 1.807) is 0 Å². The fourth-order valence-corrected chi connectivity index (χ4v) is 2.22. The van der Waals surface area contributed by atoms with Crippen LogP contribution in [0.3, 0.4) is 0 Å². The quantitative estimate of drug-likeness (QED) is 0.823. The van der Waals surface area contributed by atoms with Gasteiger partial charge in [-0.2, -0.15) is 0 Å². The third kappa shape index (κ3) is 3.16. The van der Waals surface area contributed by atoms with Gasteiger partial charge in [-0.1, -0.05) is 38.0 Å². The first-order chi connectivity index (χ1) is 7.58. The second kappa shape index (κ2) is 5.79. The van der Waals surface area contributed by atoms with E-state index >= 15 is 0 Å². The number of aromatic nitrogens is 2. The molecule has 5 nitrogen and oxygen atoms in total. The Balaban J connectivity index is 2.57. The standard InChI is InChI=1S/C10H18N4OS/c1-4-7(5-2)6(3)12-8(15)9-13-14-10(11)16-9/h6-7H,4-5H2,1-3H3,(H2,11,14)(H,12,15). The number of hydrogen-bond donors (Lipinski definition) is 2. The smallest absolute Gasteiger partial charge is 0.282 e. The molecule has 0 fully saturated rings. The minimum atomic E-state index is -0.186. The molecule has 1 aromatic heterocycles. The van der Waals surface area contributed by atoms with Crippen LogP contribution in [0.4, 0.5) is 5.13 Å². The van der Waals surface area contributed by atoms with E-state index < -0.39 is 0 Å². The molecule has 1 aromatic rings. The molecule has 0 aromatic carbocycles. The molecule has 3 N–H and O–H groups in total. The molecule has 0 aliphatic rings. The fraction of sp³-hybridized carbons (Fsp3) is 0.700. The molecule has 0 saturated heterocycles. The van der Waals surface area contributed by atoms with Gasteiger partial charge >= 0.3 is 0 Å². The van der Waals surface area contributed by atoms with E-state index in [0.717, 1.165) is 24.2 Å². The molecule has 0 radical (unpaired) electrons. The topological polar surface area (TPSA) is 80.9 Å². The van der Waals surface area contributed by atoms with Gasteiger partial charge in [0.1, 0.15) is 0 Å². The maximum atomic E-state index is 11.7. The van der Waals surface area contributed by atoms with Crippen molar-refractivity contribution in [3.63, 3.8) is 0 Å². The van der Waals surface area contributed by atoms with Crippen molar-refractivity contribution < 1.29 is 4.79 Å². The number of rotatable bonds is 5. The Kier molecular flexibility index (Phi) is 4.67. The zero-order chi connectivity index (χ0) is 12.1. The van der Waals surface area contributed by atoms with Gasteiger partial charge in [-0.05, 0) is 12.8 Å². The van der Waals surface area contributed by atoms with Gasteiger partial charge in [0.15, 0.2) is 0 Å². The van der Waals surface area contributed by atoms with Crippen molar-refractivity contribution in [2.45, 2.75) is 39.7 Å². The SMILES string of the molecule is CCC(CC)C(C)NC(=O)c1nnc(N)s1. The zero-order valence-electron chi connectivity index (χ0n) is 9.86. The molecule has 0 spiro atoms. The first-order valence-electron chi connectivity index (χ1n) is 5.48. The maximum absolute atomic E-state index is 11.7. The molecule has 1 amide bonds. The van der Waals surface area contributed by atoms with E-state index in [4.69, 9.17) is 5.73 Å². The number of carbonyl (C=O) groups excluding carboxylic acids is 1. The minimum Gasteiger partial charge on any atom is -0.374 e. The van der Waals surface area contributed by atoms with Crippen LogP contribution in [-0.4, -0.2) is 22.1 Å². The van der Waals surface area contributed by atoms with Crippen LogP contribution in [0.25, 0.3) is 0 Å². The first-order valence-corrected chi connectivity index (χ1v) is 6.29. The molecule has 90 valence electrons. The Morgan fingerprint density at radius 1 is 1.44 bits per heavy atom. The summed E-state index contributed by atoms with van der Waals surface area (Å²) in [7, 11) is 0. The van der Waals surface area contributed by atoms with Crippen LogP contribution in [0.5, 0.6) is 0 Å².